The van der Waals surface area contributed by atoms with Crippen molar-refractivity contribution < 1.29 is 13.9 Å². The number of rotatable bonds is 4. The Hall–Kier alpha value is -2.54. The zero-order valence-electron chi connectivity index (χ0n) is 14.1. The highest BCUT2D eigenvalue weighted by Gasteiger charge is 2.19. The Labute approximate surface area is 147 Å². The van der Waals surface area contributed by atoms with Gasteiger partial charge in [0.05, 0.1) is 11.8 Å². The second-order valence-electron chi connectivity index (χ2n) is 5.81. The number of hydrogen-bond donors (Lipinski definition) is 1. The highest BCUT2D eigenvalue weighted by molar-refractivity contribution is 7.18. The van der Waals surface area contributed by atoms with Gasteiger partial charge >= 0.3 is 5.97 Å². The largest absolute Gasteiger partial charge is 0.454 e. The lowest BCUT2D eigenvalue weighted by atomic mass is 10.1. The third-order valence-electron chi connectivity index (χ3n) is 4.04. The first-order chi connectivity index (χ1) is 11.9. The molecule has 0 fully saturated rings. The summed E-state index contributed by atoms with van der Waals surface area (Å²) in [6.07, 6.45) is -0.917. The molecule has 5 nitrogen and oxygen atoms in total. The van der Waals surface area contributed by atoms with E-state index in [9.17, 15) is 14.0 Å². The minimum absolute atomic E-state index is 0.180. The third-order valence-corrected chi connectivity index (χ3v) is 5.14. The molecule has 0 saturated heterocycles. The monoisotopic (exact) mass is 360 g/mol. The van der Waals surface area contributed by atoms with Crippen LogP contribution in [0.3, 0.4) is 0 Å². The average Bonchev–Trinajstić information content (AvgIpc) is 2.84. The van der Waals surface area contributed by atoms with Crippen LogP contribution in [-0.2, 0) is 16.0 Å². The number of esters is 1. The average molecular weight is 360 g/mol. The van der Waals surface area contributed by atoms with Gasteiger partial charge in [0.2, 0.25) is 0 Å². The number of aryl methyl sites for hydroxylation is 2. The minimum atomic E-state index is -0.737. The Bertz CT molecular complexity index is 1010. The van der Waals surface area contributed by atoms with E-state index in [1.807, 2.05) is 13.8 Å². The standard InChI is InChI=1S/C18H17FN2O3S/c1-9-11(3)25-18-15(9)17(23)20-16(21-18)10(2)24-14(22)8-12-6-4-5-7-13(12)19/h4-7,10H,8H2,1-3H3,(H,20,21,23)/t10-/m0/s1. The summed E-state index contributed by atoms with van der Waals surface area (Å²) < 4.78 is 18.9. The molecule has 0 aliphatic heterocycles. The number of aromatic nitrogens is 2. The van der Waals surface area contributed by atoms with Crippen molar-refractivity contribution in [1.82, 2.24) is 9.97 Å². The quantitative estimate of drug-likeness (QED) is 0.722. The predicted octanol–water partition coefficient (Wildman–Crippen LogP) is 3.59. The van der Waals surface area contributed by atoms with Crippen LogP contribution in [0.25, 0.3) is 10.2 Å². The lowest BCUT2D eigenvalue weighted by Crippen LogP contribution is -2.18. The SMILES string of the molecule is Cc1sc2nc([C@H](C)OC(=O)Cc3ccccc3F)[nH]c(=O)c2c1C. The fraction of sp³-hybridized carbons (Fsp3) is 0.278. The summed E-state index contributed by atoms with van der Waals surface area (Å²) in [5.74, 6) is -0.760. The molecule has 1 aromatic carbocycles. The summed E-state index contributed by atoms with van der Waals surface area (Å²) in [4.78, 5) is 33.0. The van der Waals surface area contributed by atoms with Gasteiger partial charge in [-0.3, -0.25) is 9.59 Å². The first kappa shape index (κ1) is 17.3. The van der Waals surface area contributed by atoms with Crippen molar-refractivity contribution in [1.29, 1.82) is 0 Å². The molecule has 0 radical (unpaired) electrons. The number of H-pyrrole nitrogens is 1. The fourth-order valence-corrected chi connectivity index (χ4v) is 3.59. The Morgan fingerprint density at radius 1 is 1.36 bits per heavy atom. The van der Waals surface area contributed by atoms with Gasteiger partial charge in [0.25, 0.3) is 5.56 Å². The minimum Gasteiger partial charge on any atom is -0.454 e. The lowest BCUT2D eigenvalue weighted by molar-refractivity contribution is -0.148. The summed E-state index contributed by atoms with van der Waals surface area (Å²) >= 11 is 1.43. The molecule has 0 unspecified atom stereocenters. The molecule has 130 valence electrons. The van der Waals surface area contributed by atoms with Crippen molar-refractivity contribution in [2.75, 3.05) is 0 Å². The number of nitrogens with one attached hydrogen (secondary N) is 1. The Morgan fingerprint density at radius 3 is 2.80 bits per heavy atom. The number of aromatic amines is 1. The first-order valence-electron chi connectivity index (χ1n) is 7.79. The number of halogens is 1. The van der Waals surface area contributed by atoms with E-state index in [2.05, 4.69) is 9.97 Å². The number of carbonyl (C=O) groups excluding carboxylic acids is 1. The van der Waals surface area contributed by atoms with Gasteiger partial charge in [-0.2, -0.15) is 0 Å². The van der Waals surface area contributed by atoms with Crippen LogP contribution in [0.1, 0.15) is 34.9 Å². The zero-order chi connectivity index (χ0) is 18.1. The number of benzene rings is 1. The van der Waals surface area contributed by atoms with Crippen molar-refractivity contribution in [3.8, 4) is 0 Å². The molecule has 3 rings (SSSR count). The number of ether oxygens (including phenoxy) is 1. The number of carbonyl (C=O) groups is 1. The van der Waals surface area contributed by atoms with Gasteiger partial charge in [0.1, 0.15) is 10.6 Å². The van der Waals surface area contributed by atoms with Crippen LogP contribution in [-0.4, -0.2) is 15.9 Å². The van der Waals surface area contributed by atoms with E-state index in [0.29, 0.717) is 10.2 Å². The molecule has 3 aromatic rings. The fourth-order valence-electron chi connectivity index (χ4n) is 2.56. The second-order valence-corrected chi connectivity index (χ2v) is 7.02. The van der Waals surface area contributed by atoms with Crippen LogP contribution >= 0.6 is 11.3 Å². The van der Waals surface area contributed by atoms with Gasteiger partial charge in [-0.05, 0) is 38.0 Å². The maximum atomic E-state index is 13.6. The number of nitrogens with zero attached hydrogens (tertiary/aromatic N) is 1. The van der Waals surface area contributed by atoms with E-state index < -0.39 is 17.9 Å². The topological polar surface area (TPSA) is 72.0 Å². The molecule has 25 heavy (non-hydrogen) atoms. The summed E-state index contributed by atoms with van der Waals surface area (Å²) in [7, 11) is 0. The van der Waals surface area contributed by atoms with Crippen molar-refractivity contribution >= 4 is 27.5 Å². The molecule has 0 spiro atoms. The summed E-state index contributed by atoms with van der Waals surface area (Å²) in [5.41, 5.74) is 0.921. The molecule has 0 aliphatic carbocycles. The Balaban J connectivity index is 1.80. The Kier molecular flexibility index (Phi) is 4.67. The summed E-state index contributed by atoms with van der Waals surface area (Å²) in [6.45, 7) is 5.43. The Morgan fingerprint density at radius 2 is 2.08 bits per heavy atom. The first-order valence-corrected chi connectivity index (χ1v) is 8.61. The lowest BCUT2D eigenvalue weighted by Gasteiger charge is -2.12. The number of hydrogen-bond acceptors (Lipinski definition) is 5. The van der Waals surface area contributed by atoms with E-state index in [4.69, 9.17) is 4.74 Å². The van der Waals surface area contributed by atoms with E-state index >= 15 is 0 Å². The second kappa shape index (κ2) is 6.76. The number of fused-ring (bicyclic) bond motifs is 1. The van der Waals surface area contributed by atoms with E-state index in [1.165, 1.54) is 23.5 Å². The van der Waals surface area contributed by atoms with Gasteiger partial charge in [-0.25, -0.2) is 9.37 Å². The molecule has 1 atom stereocenters. The van der Waals surface area contributed by atoms with E-state index in [0.717, 1.165) is 10.4 Å². The van der Waals surface area contributed by atoms with Crippen molar-refractivity contribution in [3.63, 3.8) is 0 Å². The van der Waals surface area contributed by atoms with Gasteiger partial charge in [0, 0.05) is 4.88 Å². The van der Waals surface area contributed by atoms with Crippen molar-refractivity contribution in [2.24, 2.45) is 0 Å². The molecule has 0 bridgehead atoms. The van der Waals surface area contributed by atoms with Crippen molar-refractivity contribution in [2.45, 2.75) is 33.3 Å². The molecule has 0 aliphatic rings. The van der Waals surface area contributed by atoms with Gasteiger partial charge in [0.15, 0.2) is 11.9 Å². The maximum absolute atomic E-state index is 13.6. The van der Waals surface area contributed by atoms with Crippen LogP contribution in [0.2, 0.25) is 0 Å². The molecule has 7 heteroatoms. The molecule has 0 amide bonds. The number of thiophene rings is 1. The summed E-state index contributed by atoms with van der Waals surface area (Å²) in [6, 6.07) is 6.04. The molecule has 2 heterocycles. The van der Waals surface area contributed by atoms with Crippen LogP contribution in [0, 0.1) is 19.7 Å². The maximum Gasteiger partial charge on any atom is 0.311 e. The van der Waals surface area contributed by atoms with Gasteiger partial charge in [-0.15, -0.1) is 11.3 Å². The molecule has 2 aromatic heterocycles. The molecule has 0 saturated carbocycles. The van der Waals surface area contributed by atoms with Crippen LogP contribution in [0.4, 0.5) is 4.39 Å². The zero-order valence-corrected chi connectivity index (χ0v) is 14.9. The normalized spacial score (nSPS) is 12.3. The highest BCUT2D eigenvalue weighted by Crippen LogP contribution is 2.27. The summed E-state index contributed by atoms with van der Waals surface area (Å²) in [5, 5.41) is 0.566. The van der Waals surface area contributed by atoms with Crippen LogP contribution in [0.5, 0.6) is 0 Å². The smallest absolute Gasteiger partial charge is 0.311 e. The van der Waals surface area contributed by atoms with E-state index in [1.54, 1.807) is 19.1 Å². The van der Waals surface area contributed by atoms with Gasteiger partial charge in [-0.1, -0.05) is 18.2 Å². The van der Waals surface area contributed by atoms with Gasteiger partial charge < -0.3 is 9.72 Å². The van der Waals surface area contributed by atoms with Crippen LogP contribution in [0.15, 0.2) is 29.1 Å². The van der Waals surface area contributed by atoms with Crippen LogP contribution < -0.4 is 5.56 Å². The predicted molar refractivity (Wildman–Crippen MR) is 94.3 cm³/mol. The molecular weight excluding hydrogens is 343 g/mol. The highest BCUT2D eigenvalue weighted by atomic mass is 32.1. The molecular formula is C18H17FN2O3S. The van der Waals surface area contributed by atoms with Crippen molar-refractivity contribution in [3.05, 3.63) is 62.3 Å². The third kappa shape index (κ3) is 3.46. The molecule has 1 N–H and O–H groups in total. The van der Waals surface area contributed by atoms with E-state index in [-0.39, 0.29) is 23.4 Å².